The van der Waals surface area contributed by atoms with Gasteiger partial charge in [-0.15, -0.1) is 0 Å². The van der Waals surface area contributed by atoms with Crippen LogP contribution < -0.4 is 4.74 Å². The van der Waals surface area contributed by atoms with Crippen molar-refractivity contribution in [2.75, 3.05) is 13.2 Å². The Balaban J connectivity index is 2.58. The molecule has 0 aliphatic heterocycles. The Kier molecular flexibility index (Phi) is 8.45. The first-order valence-electron chi connectivity index (χ1n) is 9.99. The molecule has 0 N–H and O–H groups in total. The van der Waals surface area contributed by atoms with Crippen LogP contribution in [0.25, 0.3) is 0 Å². The number of rotatable bonds is 9. The van der Waals surface area contributed by atoms with Crippen molar-refractivity contribution < 1.29 is 46.7 Å². The number of alkyl halides is 3. The summed E-state index contributed by atoms with van der Waals surface area (Å²) in [6, 6.07) is 5.05. The molecule has 188 valence electrons. The fourth-order valence-electron chi connectivity index (χ4n) is 2.90. The van der Waals surface area contributed by atoms with E-state index in [2.05, 4.69) is 0 Å². The first-order valence-corrected chi connectivity index (χ1v) is 10.4. The molecule has 0 aromatic heterocycles. The number of ether oxygens (including phenoxy) is 3. The third kappa shape index (κ3) is 5.88. The highest BCUT2D eigenvalue weighted by Crippen LogP contribution is 2.38. The quantitative estimate of drug-likeness (QED) is 0.143. The van der Waals surface area contributed by atoms with Crippen molar-refractivity contribution in [3.63, 3.8) is 0 Å². The second-order valence-corrected chi connectivity index (χ2v) is 7.48. The second-order valence-electron chi connectivity index (χ2n) is 7.08. The van der Waals surface area contributed by atoms with Gasteiger partial charge in [-0.3, -0.25) is 24.5 Å². The number of hydrogen-bond acceptors (Lipinski definition) is 8. The van der Waals surface area contributed by atoms with Crippen LogP contribution in [-0.2, 0) is 25.2 Å². The fraction of sp³-hybridized carbons (Fsp3) is 0.318. The van der Waals surface area contributed by atoms with Crippen LogP contribution in [0, 0.1) is 15.5 Å². The largest absolute Gasteiger partial charge is 0.465 e. The molecule has 2 rings (SSSR count). The molecule has 0 saturated carbocycles. The summed E-state index contributed by atoms with van der Waals surface area (Å²) in [6.45, 7) is 3.38. The van der Waals surface area contributed by atoms with Crippen molar-refractivity contribution in [2.45, 2.75) is 26.9 Å². The zero-order valence-electron chi connectivity index (χ0n) is 18.6. The number of nitro benzene ring substituents is 1. The van der Waals surface area contributed by atoms with Gasteiger partial charge in [-0.2, -0.15) is 13.2 Å². The van der Waals surface area contributed by atoms with Crippen molar-refractivity contribution in [3.8, 4) is 11.5 Å². The molecule has 0 unspecified atom stereocenters. The number of Topliss-reactive ketones (excluding diaryl/α,β-unsaturated/α-hetero) is 1. The lowest BCUT2D eigenvalue weighted by atomic mass is 9.81. The number of nitro groups is 1. The molecule has 35 heavy (non-hydrogen) atoms. The highest BCUT2D eigenvalue weighted by molar-refractivity contribution is 6.32. The van der Waals surface area contributed by atoms with Crippen molar-refractivity contribution in [1.82, 2.24) is 0 Å². The van der Waals surface area contributed by atoms with E-state index in [-0.39, 0.29) is 24.7 Å². The zero-order valence-corrected chi connectivity index (χ0v) is 19.4. The molecule has 0 heterocycles. The number of nitrogens with zero attached hydrogens (tertiary/aromatic N) is 1. The number of hydrogen-bond donors (Lipinski definition) is 0. The highest BCUT2D eigenvalue weighted by atomic mass is 35.5. The van der Waals surface area contributed by atoms with E-state index in [9.17, 15) is 37.7 Å². The van der Waals surface area contributed by atoms with Crippen molar-refractivity contribution in [1.29, 1.82) is 0 Å². The van der Waals surface area contributed by atoms with Crippen LogP contribution in [0.4, 0.5) is 18.9 Å². The van der Waals surface area contributed by atoms with Gasteiger partial charge in [0, 0.05) is 6.07 Å². The van der Waals surface area contributed by atoms with Crippen LogP contribution in [0.15, 0.2) is 36.4 Å². The van der Waals surface area contributed by atoms with E-state index in [4.69, 9.17) is 25.8 Å². The maximum Gasteiger partial charge on any atom is 0.416 e. The van der Waals surface area contributed by atoms with E-state index in [1.807, 2.05) is 0 Å². The minimum atomic E-state index is -4.65. The lowest BCUT2D eigenvalue weighted by Crippen LogP contribution is -2.46. The van der Waals surface area contributed by atoms with Crippen LogP contribution in [0.3, 0.4) is 0 Å². The molecule has 9 nitrogen and oxygen atoms in total. The second kappa shape index (κ2) is 10.7. The molecule has 0 radical (unpaired) electrons. The van der Waals surface area contributed by atoms with Crippen LogP contribution in [0.5, 0.6) is 11.5 Å². The molecule has 0 aliphatic rings. The number of halogens is 4. The predicted octanol–water partition coefficient (Wildman–Crippen LogP) is 5.37. The number of benzene rings is 2. The topological polar surface area (TPSA) is 122 Å². The Morgan fingerprint density at radius 1 is 1.00 bits per heavy atom. The smallest absolute Gasteiger partial charge is 0.416 e. The Hall–Kier alpha value is -3.67. The molecule has 0 fully saturated rings. The van der Waals surface area contributed by atoms with Gasteiger partial charge in [0.1, 0.15) is 17.1 Å². The number of ketones is 1. The monoisotopic (exact) mass is 517 g/mol. The number of esters is 2. The maximum atomic E-state index is 13.3. The summed E-state index contributed by atoms with van der Waals surface area (Å²) in [4.78, 5) is 49.1. The number of carbonyl (C=O) groups excluding carboxylic acids is 3. The van der Waals surface area contributed by atoms with Crippen molar-refractivity contribution >= 4 is 35.0 Å². The van der Waals surface area contributed by atoms with Gasteiger partial charge < -0.3 is 14.2 Å². The van der Waals surface area contributed by atoms with Crippen molar-refractivity contribution in [2.24, 2.45) is 5.41 Å². The van der Waals surface area contributed by atoms with E-state index in [0.717, 1.165) is 31.2 Å². The third-order valence-corrected chi connectivity index (χ3v) is 5.01. The average molecular weight is 518 g/mol. The van der Waals surface area contributed by atoms with Gasteiger partial charge in [0.25, 0.3) is 5.69 Å². The Morgan fingerprint density at radius 2 is 1.57 bits per heavy atom. The molecule has 0 aliphatic carbocycles. The van der Waals surface area contributed by atoms with Crippen LogP contribution in [-0.4, -0.2) is 35.9 Å². The molecule has 0 spiro atoms. The minimum Gasteiger partial charge on any atom is -0.465 e. The van der Waals surface area contributed by atoms with E-state index < -0.39 is 56.1 Å². The highest BCUT2D eigenvalue weighted by Gasteiger charge is 2.53. The minimum absolute atomic E-state index is 0.196. The molecular weight excluding hydrogens is 499 g/mol. The summed E-state index contributed by atoms with van der Waals surface area (Å²) in [5.41, 5.74) is -5.07. The molecular formula is C22H19ClF3NO8. The normalized spacial score (nSPS) is 11.5. The predicted molar refractivity (Wildman–Crippen MR) is 115 cm³/mol. The van der Waals surface area contributed by atoms with Crippen LogP contribution in [0.1, 0.15) is 36.7 Å². The van der Waals surface area contributed by atoms with Gasteiger partial charge in [-0.25, -0.2) is 0 Å². The van der Waals surface area contributed by atoms with Gasteiger partial charge in [-0.1, -0.05) is 11.6 Å². The molecule has 2 aromatic rings. The zero-order chi connectivity index (χ0) is 26.6. The van der Waals surface area contributed by atoms with Gasteiger partial charge in [0.2, 0.25) is 5.41 Å². The van der Waals surface area contributed by atoms with Gasteiger partial charge in [0.05, 0.1) is 28.7 Å². The first kappa shape index (κ1) is 27.6. The van der Waals surface area contributed by atoms with E-state index in [1.165, 1.54) is 13.8 Å². The lowest BCUT2D eigenvalue weighted by Gasteiger charge is -2.23. The summed E-state index contributed by atoms with van der Waals surface area (Å²) in [5, 5.41) is 11.1. The summed E-state index contributed by atoms with van der Waals surface area (Å²) in [6.07, 6.45) is -4.65. The molecule has 0 saturated heterocycles. The van der Waals surface area contributed by atoms with Gasteiger partial charge in [-0.05, 0) is 51.1 Å². The average Bonchev–Trinajstić information content (AvgIpc) is 2.78. The lowest BCUT2D eigenvalue weighted by molar-refractivity contribution is -0.385. The molecule has 2 aromatic carbocycles. The van der Waals surface area contributed by atoms with Crippen molar-refractivity contribution in [3.05, 3.63) is 62.7 Å². The van der Waals surface area contributed by atoms with Crippen LogP contribution >= 0.6 is 11.6 Å². The van der Waals surface area contributed by atoms with Crippen LogP contribution in [0.2, 0.25) is 5.02 Å². The Morgan fingerprint density at radius 3 is 2.03 bits per heavy atom. The van der Waals surface area contributed by atoms with E-state index in [1.54, 1.807) is 0 Å². The molecule has 0 atom stereocenters. The molecule has 0 bridgehead atoms. The summed E-state index contributed by atoms with van der Waals surface area (Å²) < 4.78 is 53.7. The Bertz CT molecular complexity index is 1150. The third-order valence-electron chi connectivity index (χ3n) is 4.72. The summed E-state index contributed by atoms with van der Waals surface area (Å²) >= 11 is 5.87. The fourth-order valence-corrected chi connectivity index (χ4v) is 3.11. The molecule has 13 heteroatoms. The maximum absolute atomic E-state index is 13.3. The van der Waals surface area contributed by atoms with Gasteiger partial charge >= 0.3 is 18.1 Å². The van der Waals surface area contributed by atoms with Gasteiger partial charge in [0.15, 0.2) is 5.78 Å². The SMILES string of the molecule is CCOC(=O)C(C)(C(=O)OCC)C(=O)c1cc(Oc2ccc(C(F)(F)F)cc2Cl)ccc1[N+](=O)[O-]. The Labute approximate surface area is 201 Å². The standard InChI is InChI=1S/C22H19ClF3NO8/c1-4-33-19(29)21(3,20(30)34-5-2)18(28)14-11-13(7-8-16(14)27(31)32)35-17-9-6-12(10-15(17)23)22(24,25)26/h6-11H,4-5H2,1-3H3. The molecule has 0 amide bonds. The number of carbonyl (C=O) groups is 3. The summed E-state index contributed by atoms with van der Waals surface area (Å²) in [5.74, 6) is -4.35. The van der Waals surface area contributed by atoms with E-state index >= 15 is 0 Å². The van der Waals surface area contributed by atoms with E-state index in [0.29, 0.717) is 12.1 Å². The first-order chi connectivity index (χ1) is 16.3. The summed E-state index contributed by atoms with van der Waals surface area (Å²) in [7, 11) is 0.